The Kier molecular flexibility index (Phi) is 9.19. The minimum Gasteiger partial charge on any atom is -0.382 e. The number of benzene rings is 1. The van der Waals surface area contributed by atoms with E-state index in [4.69, 9.17) is 5.73 Å². The molecule has 0 saturated carbocycles. The molecule has 0 spiro atoms. The van der Waals surface area contributed by atoms with Gasteiger partial charge in [-0.1, -0.05) is 23.5 Å². The van der Waals surface area contributed by atoms with Crippen LogP contribution < -0.4 is 16.4 Å². The second-order valence-electron chi connectivity index (χ2n) is 7.52. The summed E-state index contributed by atoms with van der Waals surface area (Å²) in [5.41, 5.74) is 8.11. The second-order valence-corrected chi connectivity index (χ2v) is 8.52. The monoisotopic (exact) mass is 497 g/mol. The number of nitrogens with two attached hydrogens (primary N) is 1. The van der Waals surface area contributed by atoms with Crippen molar-refractivity contribution >= 4 is 39.7 Å². The fourth-order valence-corrected chi connectivity index (χ4v) is 3.97. The van der Waals surface area contributed by atoms with E-state index in [2.05, 4.69) is 20.6 Å². The first-order chi connectivity index (χ1) is 16.9. The molecule has 0 aliphatic carbocycles. The van der Waals surface area contributed by atoms with Gasteiger partial charge in [0.15, 0.2) is 10.9 Å². The van der Waals surface area contributed by atoms with Gasteiger partial charge in [-0.2, -0.15) is 0 Å². The van der Waals surface area contributed by atoms with Gasteiger partial charge in [-0.3, -0.25) is 14.6 Å². The largest absolute Gasteiger partial charge is 0.382 e. The Morgan fingerprint density at radius 2 is 1.89 bits per heavy atom. The molecule has 0 aliphatic rings. The number of hydrogen-bond donors (Lipinski definition) is 3. The topological polar surface area (TPSA) is 110 Å². The number of rotatable bonds is 11. The highest BCUT2D eigenvalue weighted by atomic mass is 32.1. The SMILES string of the molecule is CC(C(=O)c1sc(Nc2ccc(C(=O)NCCc3ccncc3)cc2)nc1N)/C(F)=C\C=C/CF. The highest BCUT2D eigenvalue weighted by Gasteiger charge is 2.24. The number of nitrogen functional groups attached to an aromatic ring is 1. The number of allylic oxidation sites excluding steroid dienone is 4. The summed E-state index contributed by atoms with van der Waals surface area (Å²) in [5, 5.41) is 6.27. The van der Waals surface area contributed by atoms with Gasteiger partial charge < -0.3 is 16.4 Å². The quantitative estimate of drug-likeness (QED) is 0.253. The van der Waals surface area contributed by atoms with E-state index in [0.29, 0.717) is 29.3 Å². The van der Waals surface area contributed by atoms with Crippen LogP contribution in [0.1, 0.15) is 32.5 Å². The predicted octanol–water partition coefficient (Wildman–Crippen LogP) is 5.03. The standard InChI is InChI=1S/C25H25F2N5O2S/c1-16(20(27)4-2-3-12-26)21(33)22-23(28)32-25(35-22)31-19-7-5-18(6-8-19)24(34)30-15-11-17-9-13-29-14-10-17/h2-10,13-14,16H,11-12,15,28H2,1H3,(H,30,34)(H,31,32)/b3-2-,20-4+. The van der Waals surface area contributed by atoms with Crippen LogP contribution in [-0.4, -0.2) is 34.9 Å². The number of nitrogens with zero attached hydrogens (tertiary/aromatic N) is 2. The number of aromatic nitrogens is 2. The number of amides is 1. The maximum Gasteiger partial charge on any atom is 0.251 e. The van der Waals surface area contributed by atoms with Crippen LogP contribution in [0, 0.1) is 5.92 Å². The van der Waals surface area contributed by atoms with Crippen molar-refractivity contribution in [3.63, 3.8) is 0 Å². The molecule has 35 heavy (non-hydrogen) atoms. The summed E-state index contributed by atoms with van der Waals surface area (Å²) in [7, 11) is 0. The number of alkyl halides is 1. The molecular weight excluding hydrogens is 472 g/mol. The number of thiazole rings is 1. The van der Waals surface area contributed by atoms with E-state index >= 15 is 0 Å². The summed E-state index contributed by atoms with van der Waals surface area (Å²) in [6, 6.07) is 10.5. The van der Waals surface area contributed by atoms with E-state index in [1.54, 1.807) is 36.7 Å². The zero-order chi connectivity index (χ0) is 25.2. The molecule has 0 saturated heterocycles. The smallest absolute Gasteiger partial charge is 0.251 e. The molecule has 1 amide bonds. The van der Waals surface area contributed by atoms with Gasteiger partial charge in [0, 0.05) is 30.2 Å². The van der Waals surface area contributed by atoms with Gasteiger partial charge in [-0.15, -0.1) is 0 Å². The van der Waals surface area contributed by atoms with Gasteiger partial charge >= 0.3 is 0 Å². The highest BCUT2D eigenvalue weighted by Crippen LogP contribution is 2.31. The van der Waals surface area contributed by atoms with Crippen LogP contribution in [-0.2, 0) is 6.42 Å². The van der Waals surface area contributed by atoms with Crippen molar-refractivity contribution in [2.24, 2.45) is 5.92 Å². The number of carbonyl (C=O) groups excluding carboxylic acids is 2. The Labute approximate surface area is 205 Å². The van der Waals surface area contributed by atoms with Crippen molar-refractivity contribution in [2.75, 3.05) is 24.3 Å². The Morgan fingerprint density at radius 3 is 2.57 bits per heavy atom. The van der Waals surface area contributed by atoms with Crippen molar-refractivity contribution in [2.45, 2.75) is 13.3 Å². The highest BCUT2D eigenvalue weighted by molar-refractivity contribution is 7.18. The molecule has 1 atom stereocenters. The van der Waals surface area contributed by atoms with Gasteiger partial charge in [0.25, 0.3) is 5.91 Å². The zero-order valence-corrected chi connectivity index (χ0v) is 19.8. The van der Waals surface area contributed by atoms with Gasteiger partial charge in [0.2, 0.25) is 0 Å². The first-order valence-electron chi connectivity index (χ1n) is 10.8. The van der Waals surface area contributed by atoms with Crippen LogP contribution in [0.5, 0.6) is 0 Å². The summed E-state index contributed by atoms with van der Waals surface area (Å²) in [4.78, 5) is 33.2. The minimum atomic E-state index is -1.08. The molecule has 1 unspecified atom stereocenters. The summed E-state index contributed by atoms with van der Waals surface area (Å²) < 4.78 is 26.3. The number of ketones is 1. The molecule has 4 N–H and O–H groups in total. The van der Waals surface area contributed by atoms with Gasteiger partial charge in [-0.05, 0) is 61.4 Å². The van der Waals surface area contributed by atoms with Crippen molar-refractivity contribution in [3.8, 4) is 0 Å². The fourth-order valence-electron chi connectivity index (χ4n) is 3.04. The van der Waals surface area contributed by atoms with Crippen molar-refractivity contribution in [1.29, 1.82) is 0 Å². The van der Waals surface area contributed by atoms with E-state index in [0.717, 1.165) is 29.1 Å². The molecule has 2 aromatic heterocycles. The van der Waals surface area contributed by atoms with Crippen LogP contribution in [0.4, 0.5) is 25.4 Å². The maximum atomic E-state index is 14.2. The predicted molar refractivity (Wildman–Crippen MR) is 134 cm³/mol. The Morgan fingerprint density at radius 1 is 1.17 bits per heavy atom. The number of anilines is 3. The van der Waals surface area contributed by atoms with Gasteiger partial charge in [-0.25, -0.2) is 13.8 Å². The normalized spacial score (nSPS) is 12.5. The number of carbonyl (C=O) groups is 2. The molecule has 0 radical (unpaired) electrons. The van der Waals surface area contributed by atoms with Crippen LogP contribution in [0.25, 0.3) is 0 Å². The average molecular weight is 498 g/mol. The molecule has 2 heterocycles. The van der Waals surface area contributed by atoms with E-state index in [1.807, 2.05) is 12.1 Å². The summed E-state index contributed by atoms with van der Waals surface area (Å²) >= 11 is 1.00. The number of Topliss-reactive ketones (excluding diaryl/α,β-unsaturated/α-hetero) is 1. The minimum absolute atomic E-state index is 0.00774. The van der Waals surface area contributed by atoms with Crippen LogP contribution in [0.15, 0.2) is 72.8 Å². The Balaban J connectivity index is 1.58. The molecule has 0 fully saturated rings. The number of nitrogens with one attached hydrogen (secondary N) is 2. The third-order valence-electron chi connectivity index (χ3n) is 5.01. The van der Waals surface area contributed by atoms with E-state index < -0.39 is 24.2 Å². The molecule has 182 valence electrons. The molecular formula is C25H25F2N5O2S. The Hall–Kier alpha value is -3.92. The lowest BCUT2D eigenvalue weighted by molar-refractivity contribution is 0.0937. The zero-order valence-electron chi connectivity index (χ0n) is 19.0. The molecule has 1 aromatic carbocycles. The first-order valence-corrected chi connectivity index (χ1v) is 11.6. The summed E-state index contributed by atoms with van der Waals surface area (Å²) in [5.74, 6) is -2.49. The van der Waals surface area contributed by atoms with Gasteiger partial charge in [0.05, 0.1) is 5.92 Å². The van der Waals surface area contributed by atoms with Gasteiger partial charge in [0.1, 0.15) is 23.2 Å². The Bertz CT molecular complexity index is 1210. The fraction of sp³-hybridized carbons (Fsp3) is 0.200. The van der Waals surface area contributed by atoms with Crippen molar-refractivity contribution in [1.82, 2.24) is 15.3 Å². The van der Waals surface area contributed by atoms with Crippen LogP contribution in [0.2, 0.25) is 0 Å². The van der Waals surface area contributed by atoms with Crippen molar-refractivity contribution in [3.05, 3.63) is 88.9 Å². The molecule has 3 rings (SSSR count). The lowest BCUT2D eigenvalue weighted by Gasteiger charge is -2.07. The maximum absolute atomic E-state index is 14.2. The summed E-state index contributed by atoms with van der Waals surface area (Å²) in [6.45, 7) is 1.18. The van der Waals surface area contributed by atoms with Crippen LogP contribution in [0.3, 0.4) is 0 Å². The average Bonchev–Trinajstić information content (AvgIpc) is 3.23. The van der Waals surface area contributed by atoms with E-state index in [9.17, 15) is 18.4 Å². The van der Waals surface area contributed by atoms with E-state index in [-0.39, 0.29) is 16.6 Å². The lowest BCUT2D eigenvalue weighted by Crippen LogP contribution is -2.25. The summed E-state index contributed by atoms with van der Waals surface area (Å²) in [6.07, 6.45) is 7.53. The molecule has 3 aromatic rings. The number of hydrogen-bond acceptors (Lipinski definition) is 7. The number of halogens is 2. The molecule has 0 aliphatic heterocycles. The molecule has 7 nitrogen and oxygen atoms in total. The first kappa shape index (κ1) is 25.7. The third kappa shape index (κ3) is 7.28. The number of pyridine rings is 1. The van der Waals surface area contributed by atoms with Crippen LogP contribution >= 0.6 is 11.3 Å². The molecule has 10 heteroatoms. The van der Waals surface area contributed by atoms with E-state index in [1.165, 1.54) is 13.0 Å². The second kappa shape index (κ2) is 12.5. The third-order valence-corrected chi connectivity index (χ3v) is 6.01. The lowest BCUT2D eigenvalue weighted by atomic mass is 10.0. The molecule has 0 bridgehead atoms. The van der Waals surface area contributed by atoms with Crippen molar-refractivity contribution < 1.29 is 18.4 Å².